The number of nitrogens with one attached hydrogen (secondary N) is 1. The molecule has 3 rings (SSSR count). The Bertz CT molecular complexity index is 635. The van der Waals surface area contributed by atoms with Crippen molar-refractivity contribution < 1.29 is 4.79 Å². The summed E-state index contributed by atoms with van der Waals surface area (Å²) in [6.07, 6.45) is 6.93. The van der Waals surface area contributed by atoms with Crippen LogP contribution in [0.4, 0.5) is 5.69 Å². The largest absolute Gasteiger partial charge is 0.325 e. The summed E-state index contributed by atoms with van der Waals surface area (Å²) in [4.78, 5) is 14.5. The first-order chi connectivity index (χ1) is 11.3. The predicted octanol–water partition coefficient (Wildman–Crippen LogP) is 5.75. The highest BCUT2D eigenvalue weighted by atomic mass is 32.2. The van der Waals surface area contributed by atoms with Crippen LogP contribution in [0.3, 0.4) is 0 Å². The zero-order valence-electron chi connectivity index (χ0n) is 13.3. The fourth-order valence-electron chi connectivity index (χ4n) is 3.12. The lowest BCUT2D eigenvalue weighted by molar-refractivity contribution is -0.116. The molecule has 1 aliphatic rings. The van der Waals surface area contributed by atoms with E-state index in [2.05, 4.69) is 23.5 Å². The average Bonchev–Trinajstić information content (AvgIpc) is 3.09. The number of amides is 1. The zero-order chi connectivity index (χ0) is 15.9. The minimum Gasteiger partial charge on any atom is -0.325 e. The maximum atomic E-state index is 12.3. The van der Waals surface area contributed by atoms with Gasteiger partial charge in [0, 0.05) is 16.2 Å². The molecule has 0 atom stereocenters. The predicted molar refractivity (Wildman–Crippen MR) is 96.8 cm³/mol. The van der Waals surface area contributed by atoms with Crippen molar-refractivity contribution in [3.05, 3.63) is 54.6 Å². The molecule has 23 heavy (non-hydrogen) atoms. The molecule has 1 amide bonds. The van der Waals surface area contributed by atoms with Crippen LogP contribution in [0.2, 0.25) is 0 Å². The summed E-state index contributed by atoms with van der Waals surface area (Å²) in [5.41, 5.74) is 0.915. The molecule has 0 unspecified atom stereocenters. The van der Waals surface area contributed by atoms with Crippen molar-refractivity contribution >= 4 is 23.4 Å². The topological polar surface area (TPSA) is 29.1 Å². The van der Waals surface area contributed by atoms with Gasteiger partial charge in [0.25, 0.3) is 0 Å². The van der Waals surface area contributed by atoms with E-state index in [-0.39, 0.29) is 5.91 Å². The van der Waals surface area contributed by atoms with Crippen LogP contribution >= 0.6 is 11.8 Å². The normalized spacial score (nSPS) is 14.8. The minimum atomic E-state index is 0.137. The summed E-state index contributed by atoms with van der Waals surface area (Å²) in [7, 11) is 0. The summed E-state index contributed by atoms with van der Waals surface area (Å²) < 4.78 is 0. The van der Waals surface area contributed by atoms with Crippen molar-refractivity contribution in [1.29, 1.82) is 0 Å². The second kappa shape index (κ2) is 8.21. The lowest BCUT2D eigenvalue weighted by Gasteiger charge is -2.12. The highest BCUT2D eigenvalue weighted by Gasteiger charge is 2.16. The number of carbonyl (C=O) groups excluding carboxylic acids is 1. The van der Waals surface area contributed by atoms with Crippen LogP contribution in [0.1, 0.15) is 38.5 Å². The Hall–Kier alpha value is -1.74. The zero-order valence-corrected chi connectivity index (χ0v) is 14.1. The molecule has 0 aliphatic heterocycles. The number of hydrogen-bond acceptors (Lipinski definition) is 2. The van der Waals surface area contributed by atoms with Crippen molar-refractivity contribution in [2.45, 2.75) is 48.3 Å². The lowest BCUT2D eigenvalue weighted by atomic mass is 10.0. The molecular weight excluding hydrogens is 302 g/mol. The monoisotopic (exact) mass is 325 g/mol. The van der Waals surface area contributed by atoms with E-state index in [0.717, 1.165) is 22.9 Å². The van der Waals surface area contributed by atoms with Gasteiger partial charge in [0.05, 0.1) is 5.69 Å². The SMILES string of the molecule is O=C(CCC1CCCC1)Nc1ccccc1Sc1ccccc1. The highest BCUT2D eigenvalue weighted by Crippen LogP contribution is 2.33. The van der Waals surface area contributed by atoms with Gasteiger partial charge < -0.3 is 5.32 Å². The summed E-state index contributed by atoms with van der Waals surface area (Å²) in [5, 5.41) is 3.09. The van der Waals surface area contributed by atoms with E-state index < -0.39 is 0 Å². The van der Waals surface area contributed by atoms with E-state index in [0.29, 0.717) is 6.42 Å². The Morgan fingerprint density at radius 2 is 1.70 bits per heavy atom. The fourth-order valence-corrected chi connectivity index (χ4v) is 4.04. The second-order valence-corrected chi connectivity index (χ2v) is 7.26. The molecular formula is C20H23NOS. The smallest absolute Gasteiger partial charge is 0.224 e. The molecule has 1 N–H and O–H groups in total. The molecule has 120 valence electrons. The van der Waals surface area contributed by atoms with Crippen molar-refractivity contribution in [3.63, 3.8) is 0 Å². The molecule has 2 aromatic carbocycles. The van der Waals surface area contributed by atoms with Crippen molar-refractivity contribution in [2.24, 2.45) is 5.92 Å². The molecule has 0 heterocycles. The standard InChI is InChI=1S/C20H23NOS/c22-20(15-14-16-8-4-5-9-16)21-18-12-6-7-13-19(18)23-17-10-2-1-3-11-17/h1-3,6-7,10-13,16H,4-5,8-9,14-15H2,(H,21,22). The Labute approximate surface area is 142 Å². The van der Waals surface area contributed by atoms with E-state index in [4.69, 9.17) is 0 Å². The number of anilines is 1. The maximum Gasteiger partial charge on any atom is 0.224 e. The molecule has 1 aliphatic carbocycles. The average molecular weight is 325 g/mol. The van der Waals surface area contributed by atoms with Crippen LogP contribution in [0.5, 0.6) is 0 Å². The number of carbonyl (C=O) groups is 1. The van der Waals surface area contributed by atoms with Crippen LogP contribution in [0.25, 0.3) is 0 Å². The van der Waals surface area contributed by atoms with Gasteiger partial charge in [-0.15, -0.1) is 0 Å². The van der Waals surface area contributed by atoms with Gasteiger partial charge in [0.2, 0.25) is 5.91 Å². The first-order valence-electron chi connectivity index (χ1n) is 8.43. The van der Waals surface area contributed by atoms with Gasteiger partial charge in [-0.1, -0.05) is 67.8 Å². The molecule has 0 aromatic heterocycles. The van der Waals surface area contributed by atoms with Gasteiger partial charge >= 0.3 is 0 Å². The molecule has 3 heteroatoms. The summed E-state index contributed by atoms with van der Waals surface area (Å²) in [6.45, 7) is 0. The maximum absolute atomic E-state index is 12.3. The first-order valence-corrected chi connectivity index (χ1v) is 9.25. The van der Waals surface area contributed by atoms with Crippen LogP contribution in [0.15, 0.2) is 64.4 Å². The third-order valence-corrected chi connectivity index (χ3v) is 5.47. The fraction of sp³-hybridized carbons (Fsp3) is 0.350. The van der Waals surface area contributed by atoms with Gasteiger partial charge in [0.1, 0.15) is 0 Å². The number of para-hydroxylation sites is 1. The molecule has 0 spiro atoms. The third-order valence-electron chi connectivity index (χ3n) is 4.39. The summed E-state index contributed by atoms with van der Waals surface area (Å²) >= 11 is 1.68. The lowest BCUT2D eigenvalue weighted by Crippen LogP contribution is -2.13. The van der Waals surface area contributed by atoms with E-state index in [1.165, 1.54) is 30.6 Å². The number of benzene rings is 2. The van der Waals surface area contributed by atoms with Gasteiger partial charge in [-0.05, 0) is 36.6 Å². The van der Waals surface area contributed by atoms with Crippen LogP contribution in [-0.4, -0.2) is 5.91 Å². The van der Waals surface area contributed by atoms with Crippen LogP contribution < -0.4 is 5.32 Å². The van der Waals surface area contributed by atoms with Crippen molar-refractivity contribution in [2.75, 3.05) is 5.32 Å². The summed E-state index contributed by atoms with van der Waals surface area (Å²) in [5.74, 6) is 0.896. The van der Waals surface area contributed by atoms with E-state index in [9.17, 15) is 4.79 Å². The molecule has 2 aromatic rings. The molecule has 0 saturated heterocycles. The Morgan fingerprint density at radius 1 is 1.00 bits per heavy atom. The quantitative estimate of drug-likeness (QED) is 0.733. The second-order valence-electron chi connectivity index (χ2n) is 6.15. The highest BCUT2D eigenvalue weighted by molar-refractivity contribution is 7.99. The van der Waals surface area contributed by atoms with Gasteiger partial charge in [-0.2, -0.15) is 0 Å². The molecule has 1 fully saturated rings. The number of rotatable bonds is 6. The van der Waals surface area contributed by atoms with Gasteiger partial charge in [0.15, 0.2) is 0 Å². The molecule has 1 saturated carbocycles. The Morgan fingerprint density at radius 3 is 2.48 bits per heavy atom. The van der Waals surface area contributed by atoms with Crippen LogP contribution in [0, 0.1) is 5.92 Å². The van der Waals surface area contributed by atoms with E-state index >= 15 is 0 Å². The van der Waals surface area contributed by atoms with Gasteiger partial charge in [-0.3, -0.25) is 4.79 Å². The Balaban J connectivity index is 1.59. The van der Waals surface area contributed by atoms with Crippen LogP contribution in [-0.2, 0) is 4.79 Å². The first kappa shape index (κ1) is 16.1. The molecule has 2 nitrogen and oxygen atoms in total. The summed E-state index contributed by atoms with van der Waals surface area (Å²) in [6, 6.07) is 18.3. The van der Waals surface area contributed by atoms with E-state index in [1.54, 1.807) is 11.8 Å². The molecule has 0 radical (unpaired) electrons. The van der Waals surface area contributed by atoms with Crippen molar-refractivity contribution in [1.82, 2.24) is 0 Å². The number of hydrogen-bond donors (Lipinski definition) is 1. The van der Waals surface area contributed by atoms with E-state index in [1.807, 2.05) is 36.4 Å². The minimum absolute atomic E-state index is 0.137. The van der Waals surface area contributed by atoms with Gasteiger partial charge in [-0.25, -0.2) is 0 Å². The third kappa shape index (κ3) is 4.87. The van der Waals surface area contributed by atoms with Crippen molar-refractivity contribution in [3.8, 4) is 0 Å². The Kier molecular flexibility index (Phi) is 5.76. The molecule has 0 bridgehead atoms.